The summed E-state index contributed by atoms with van der Waals surface area (Å²) in [4.78, 5) is 17.2. The van der Waals surface area contributed by atoms with Gasteiger partial charge in [-0.25, -0.2) is 4.98 Å². The minimum Gasteiger partial charge on any atom is -0.480 e. The van der Waals surface area contributed by atoms with Gasteiger partial charge < -0.3 is 14.2 Å². The Morgan fingerprint density at radius 1 is 1.55 bits per heavy atom. The van der Waals surface area contributed by atoms with Crippen LogP contribution in [0.2, 0.25) is 0 Å². The molecule has 0 spiro atoms. The number of aromatic nitrogens is 2. The average Bonchev–Trinajstić information content (AvgIpc) is 2.79. The molecule has 0 amide bonds. The molecular formula is C14H19N3O3. The van der Waals surface area contributed by atoms with Crippen molar-refractivity contribution in [1.82, 2.24) is 14.3 Å². The number of hydrogen-bond acceptors (Lipinski definition) is 4. The number of imidazole rings is 1. The van der Waals surface area contributed by atoms with Gasteiger partial charge in [0.05, 0.1) is 18.8 Å². The van der Waals surface area contributed by atoms with Gasteiger partial charge in [-0.2, -0.15) is 0 Å². The molecule has 0 radical (unpaired) electrons. The lowest BCUT2D eigenvalue weighted by Crippen LogP contribution is -2.32. The zero-order valence-electron chi connectivity index (χ0n) is 11.7. The molecule has 108 valence electrons. The number of carboxylic acids is 1. The van der Waals surface area contributed by atoms with E-state index >= 15 is 0 Å². The molecule has 0 atom stereocenters. The minimum absolute atomic E-state index is 0.0176. The summed E-state index contributed by atoms with van der Waals surface area (Å²) in [6.45, 7) is 3.55. The normalized spacial score (nSPS) is 11.3. The van der Waals surface area contributed by atoms with Crippen molar-refractivity contribution in [3.8, 4) is 0 Å². The van der Waals surface area contributed by atoms with Crippen LogP contribution in [-0.2, 0) is 16.1 Å². The smallest absolute Gasteiger partial charge is 0.317 e. The summed E-state index contributed by atoms with van der Waals surface area (Å²) in [6, 6.07) is 3.97. The van der Waals surface area contributed by atoms with Crippen LogP contribution in [0.3, 0.4) is 0 Å². The molecule has 2 rings (SSSR count). The number of rotatable bonds is 7. The van der Waals surface area contributed by atoms with Crippen LogP contribution in [0, 0.1) is 6.92 Å². The van der Waals surface area contributed by atoms with Crippen molar-refractivity contribution in [3.05, 3.63) is 35.8 Å². The maximum absolute atomic E-state index is 10.9. The standard InChI is InChI=1S/C14H19N3O3/c1-11-4-3-5-17-9-12(15-14(11)17)8-16(6-7-20-2)10-13(18)19/h3-5,9H,6-8,10H2,1-2H3,(H,18,19). The Hall–Kier alpha value is -1.92. The Labute approximate surface area is 117 Å². The van der Waals surface area contributed by atoms with Gasteiger partial charge in [-0.3, -0.25) is 9.69 Å². The van der Waals surface area contributed by atoms with E-state index in [-0.39, 0.29) is 6.54 Å². The summed E-state index contributed by atoms with van der Waals surface area (Å²) in [5.41, 5.74) is 2.86. The molecule has 0 aliphatic rings. The van der Waals surface area contributed by atoms with Crippen molar-refractivity contribution in [2.75, 3.05) is 26.8 Å². The number of carbonyl (C=O) groups is 1. The Bertz CT molecular complexity index is 594. The predicted octanol–water partition coefficient (Wildman–Crippen LogP) is 1.18. The van der Waals surface area contributed by atoms with Gasteiger partial charge in [-0.15, -0.1) is 0 Å². The van der Waals surface area contributed by atoms with Gasteiger partial charge in [-0.1, -0.05) is 6.07 Å². The van der Waals surface area contributed by atoms with Crippen molar-refractivity contribution in [2.24, 2.45) is 0 Å². The van der Waals surface area contributed by atoms with Crippen LogP contribution in [0.5, 0.6) is 0 Å². The van der Waals surface area contributed by atoms with E-state index in [2.05, 4.69) is 4.98 Å². The SMILES string of the molecule is COCCN(CC(=O)O)Cc1cn2cccc(C)c2n1. The molecule has 0 unspecified atom stereocenters. The molecule has 6 heteroatoms. The highest BCUT2D eigenvalue weighted by Gasteiger charge is 2.12. The second kappa shape index (κ2) is 6.49. The summed E-state index contributed by atoms with van der Waals surface area (Å²) in [7, 11) is 1.60. The largest absolute Gasteiger partial charge is 0.480 e. The number of ether oxygens (including phenoxy) is 1. The molecule has 20 heavy (non-hydrogen) atoms. The van der Waals surface area contributed by atoms with E-state index < -0.39 is 5.97 Å². The average molecular weight is 277 g/mol. The highest BCUT2D eigenvalue weighted by Crippen LogP contribution is 2.11. The van der Waals surface area contributed by atoms with Crippen LogP contribution in [0.25, 0.3) is 5.65 Å². The second-order valence-corrected chi connectivity index (χ2v) is 4.75. The van der Waals surface area contributed by atoms with Crippen molar-refractivity contribution >= 4 is 11.6 Å². The fourth-order valence-electron chi connectivity index (χ4n) is 2.14. The molecule has 0 bridgehead atoms. The van der Waals surface area contributed by atoms with Gasteiger partial charge in [0.15, 0.2) is 0 Å². The predicted molar refractivity (Wildman–Crippen MR) is 74.7 cm³/mol. The fraction of sp³-hybridized carbons (Fsp3) is 0.429. The molecule has 0 aliphatic carbocycles. The summed E-state index contributed by atoms with van der Waals surface area (Å²) in [6.07, 6.45) is 3.87. The number of hydrogen-bond donors (Lipinski definition) is 1. The van der Waals surface area contributed by atoms with Crippen molar-refractivity contribution in [1.29, 1.82) is 0 Å². The summed E-state index contributed by atoms with van der Waals surface area (Å²) in [5.74, 6) is -0.846. The van der Waals surface area contributed by atoms with Crippen LogP contribution >= 0.6 is 0 Å². The topological polar surface area (TPSA) is 67.1 Å². The maximum atomic E-state index is 10.9. The van der Waals surface area contributed by atoms with Crippen molar-refractivity contribution in [3.63, 3.8) is 0 Å². The third-order valence-corrected chi connectivity index (χ3v) is 3.08. The zero-order chi connectivity index (χ0) is 14.5. The molecule has 0 aromatic carbocycles. The van der Waals surface area contributed by atoms with Gasteiger partial charge in [0.25, 0.3) is 0 Å². The Morgan fingerprint density at radius 2 is 2.35 bits per heavy atom. The van der Waals surface area contributed by atoms with Gasteiger partial charge >= 0.3 is 5.97 Å². The van der Waals surface area contributed by atoms with Gasteiger partial charge in [0.1, 0.15) is 5.65 Å². The molecule has 2 aromatic rings. The lowest BCUT2D eigenvalue weighted by atomic mass is 10.3. The van der Waals surface area contributed by atoms with Crippen LogP contribution < -0.4 is 0 Å². The maximum Gasteiger partial charge on any atom is 0.317 e. The highest BCUT2D eigenvalue weighted by molar-refractivity contribution is 5.69. The molecule has 0 aliphatic heterocycles. The van der Waals surface area contributed by atoms with Crippen molar-refractivity contribution in [2.45, 2.75) is 13.5 Å². The quantitative estimate of drug-likeness (QED) is 0.823. The third-order valence-electron chi connectivity index (χ3n) is 3.08. The van der Waals surface area contributed by atoms with Gasteiger partial charge in [-0.05, 0) is 18.6 Å². The van der Waals surface area contributed by atoms with Crippen LogP contribution in [-0.4, -0.2) is 52.2 Å². The molecule has 0 saturated heterocycles. The molecule has 6 nitrogen and oxygen atoms in total. The number of nitrogens with zero attached hydrogens (tertiary/aromatic N) is 3. The lowest BCUT2D eigenvalue weighted by Gasteiger charge is -2.18. The molecular weight excluding hydrogens is 258 g/mol. The second-order valence-electron chi connectivity index (χ2n) is 4.75. The molecule has 2 heterocycles. The van der Waals surface area contributed by atoms with Crippen LogP contribution in [0.15, 0.2) is 24.5 Å². The zero-order valence-corrected chi connectivity index (χ0v) is 11.7. The fourth-order valence-corrected chi connectivity index (χ4v) is 2.14. The first-order valence-electron chi connectivity index (χ1n) is 6.46. The number of pyridine rings is 1. The number of fused-ring (bicyclic) bond motifs is 1. The molecule has 0 saturated carbocycles. The third kappa shape index (κ3) is 3.55. The molecule has 0 fully saturated rings. The van der Waals surface area contributed by atoms with E-state index in [1.165, 1.54) is 0 Å². The molecule has 2 aromatic heterocycles. The monoisotopic (exact) mass is 277 g/mol. The van der Waals surface area contributed by atoms with E-state index in [1.54, 1.807) is 7.11 Å². The van der Waals surface area contributed by atoms with Crippen LogP contribution in [0.1, 0.15) is 11.3 Å². The first-order valence-corrected chi connectivity index (χ1v) is 6.46. The minimum atomic E-state index is -0.846. The number of aryl methyl sites for hydroxylation is 1. The van der Waals surface area contributed by atoms with E-state index in [4.69, 9.17) is 9.84 Å². The number of aliphatic carboxylic acids is 1. The Balaban J connectivity index is 2.14. The van der Waals surface area contributed by atoms with Crippen molar-refractivity contribution < 1.29 is 14.6 Å². The number of methoxy groups -OCH3 is 1. The van der Waals surface area contributed by atoms with Gasteiger partial charge in [0.2, 0.25) is 0 Å². The lowest BCUT2D eigenvalue weighted by molar-refractivity contribution is -0.138. The summed E-state index contributed by atoms with van der Waals surface area (Å²) < 4.78 is 6.97. The Morgan fingerprint density at radius 3 is 3.00 bits per heavy atom. The summed E-state index contributed by atoms with van der Waals surface area (Å²) >= 11 is 0. The highest BCUT2D eigenvalue weighted by atomic mass is 16.5. The van der Waals surface area contributed by atoms with E-state index in [0.717, 1.165) is 16.9 Å². The van der Waals surface area contributed by atoms with E-state index in [0.29, 0.717) is 19.7 Å². The van der Waals surface area contributed by atoms with E-state index in [9.17, 15) is 4.79 Å². The summed E-state index contributed by atoms with van der Waals surface area (Å²) in [5, 5.41) is 8.94. The molecule has 1 N–H and O–H groups in total. The first kappa shape index (κ1) is 14.5. The Kier molecular flexibility index (Phi) is 4.70. The van der Waals surface area contributed by atoms with Crippen LogP contribution in [0.4, 0.5) is 0 Å². The van der Waals surface area contributed by atoms with E-state index in [1.807, 2.05) is 40.8 Å². The number of carboxylic acid groups (broad SMARTS) is 1. The van der Waals surface area contributed by atoms with Gasteiger partial charge in [0, 0.05) is 32.6 Å². The first-order chi connectivity index (χ1) is 9.60.